The smallest absolute Gasteiger partial charge is 0.462 e. The molecule has 0 aliphatic rings. The van der Waals surface area contributed by atoms with Crippen LogP contribution in [0.3, 0.4) is 0 Å². The van der Waals surface area contributed by atoms with Crippen molar-refractivity contribution in [3.63, 3.8) is 0 Å². The summed E-state index contributed by atoms with van der Waals surface area (Å²) in [5.41, 5.74) is 5.37. The molecule has 0 bridgehead atoms. The molecule has 2 atom stereocenters. The van der Waals surface area contributed by atoms with E-state index in [4.69, 9.17) is 24.3 Å². The Labute approximate surface area is 450 Å². The van der Waals surface area contributed by atoms with Gasteiger partial charge < -0.3 is 20.1 Å². The van der Waals surface area contributed by atoms with Gasteiger partial charge in [0.1, 0.15) is 6.61 Å². The molecule has 0 aromatic rings. The summed E-state index contributed by atoms with van der Waals surface area (Å²) in [4.78, 5) is 35.0. The lowest BCUT2D eigenvalue weighted by Gasteiger charge is -2.19. The van der Waals surface area contributed by atoms with E-state index in [2.05, 4.69) is 56.4 Å². The highest BCUT2D eigenvalue weighted by Crippen LogP contribution is 2.43. The predicted octanol–water partition coefficient (Wildman–Crippen LogP) is 19.5. The number of allylic oxidation sites excluding steroid dienone is 9. The normalized spacial score (nSPS) is 13.4. The van der Waals surface area contributed by atoms with Crippen molar-refractivity contribution in [3.05, 3.63) is 60.8 Å². The van der Waals surface area contributed by atoms with Crippen molar-refractivity contribution >= 4 is 19.8 Å². The largest absolute Gasteiger partial charge is 0.472 e. The number of carbonyl (C=O) groups is 2. The number of rotatable bonds is 58. The summed E-state index contributed by atoms with van der Waals surface area (Å²) < 4.78 is 32.8. The third kappa shape index (κ3) is 58.8. The molecule has 0 saturated heterocycles. The Balaban J connectivity index is 3.79. The number of hydrogen-bond acceptors (Lipinski definition) is 8. The van der Waals surface area contributed by atoms with E-state index in [1.807, 2.05) is 12.2 Å². The van der Waals surface area contributed by atoms with Crippen molar-refractivity contribution in [2.45, 2.75) is 302 Å². The highest BCUT2D eigenvalue weighted by Gasteiger charge is 2.25. The summed E-state index contributed by atoms with van der Waals surface area (Å²) in [6, 6.07) is 0. The number of unbranched alkanes of at least 4 members (excludes halogenated alkanes) is 36. The lowest BCUT2D eigenvalue weighted by Crippen LogP contribution is -2.29. The molecule has 0 saturated carbocycles. The first-order valence-electron chi connectivity index (χ1n) is 30.8. The van der Waals surface area contributed by atoms with Crippen LogP contribution in [0.15, 0.2) is 60.8 Å². The van der Waals surface area contributed by atoms with Crippen LogP contribution in [0.4, 0.5) is 0 Å². The number of esters is 2. The second-order valence-corrected chi connectivity index (χ2v) is 22.0. The zero-order chi connectivity index (χ0) is 53.1. The molecule has 10 heteroatoms. The van der Waals surface area contributed by atoms with Crippen LogP contribution in [-0.2, 0) is 32.7 Å². The second kappa shape index (κ2) is 59.0. The Kier molecular flexibility index (Phi) is 57.1. The quantitative estimate of drug-likeness (QED) is 0.0264. The van der Waals surface area contributed by atoms with E-state index in [1.54, 1.807) is 6.08 Å². The Bertz CT molecular complexity index is 1380. The standard InChI is InChI=1S/C63H116NO8P/c1-3-5-7-9-11-13-15-17-19-20-21-22-23-24-25-26-27-28-29-30-31-32-33-34-35-36-37-38-39-40-42-43-45-47-49-51-53-55-62(65)69-59-61(60-71-73(67,68)70-58-57-64)72-63(66)56-54-52-50-48-46-44-41-18-16-14-12-10-8-6-4-2/h6,8,12,14,18,41,46,48,52,54,61H,3-5,7,9-11,13,15-17,19-40,42-45,47,49-51,53,55-60,64H2,1-2H3,(H,67,68)/b8-6-,14-12-,41-18-,48-46-,54-52-. The van der Waals surface area contributed by atoms with Crippen LogP contribution in [0.5, 0.6) is 0 Å². The summed E-state index contributed by atoms with van der Waals surface area (Å²) >= 11 is 0. The Morgan fingerprint density at radius 3 is 1.07 bits per heavy atom. The number of nitrogens with two attached hydrogens (primary N) is 1. The highest BCUT2D eigenvalue weighted by molar-refractivity contribution is 7.47. The lowest BCUT2D eigenvalue weighted by molar-refractivity contribution is -0.160. The highest BCUT2D eigenvalue weighted by atomic mass is 31.2. The Hall–Kier alpha value is -2.29. The predicted molar refractivity (Wildman–Crippen MR) is 312 cm³/mol. The van der Waals surface area contributed by atoms with Crippen molar-refractivity contribution in [2.24, 2.45) is 5.73 Å². The number of carbonyl (C=O) groups excluding carboxylic acids is 2. The first-order chi connectivity index (χ1) is 35.8. The van der Waals surface area contributed by atoms with Crippen molar-refractivity contribution in [2.75, 3.05) is 26.4 Å². The molecule has 0 rings (SSSR count). The number of phosphoric ester groups is 1. The van der Waals surface area contributed by atoms with E-state index in [-0.39, 0.29) is 32.6 Å². The lowest BCUT2D eigenvalue weighted by atomic mass is 10.0. The second-order valence-electron chi connectivity index (χ2n) is 20.6. The van der Waals surface area contributed by atoms with Gasteiger partial charge in [-0.1, -0.05) is 306 Å². The summed E-state index contributed by atoms with van der Waals surface area (Å²) in [5, 5.41) is 0. The van der Waals surface area contributed by atoms with Gasteiger partial charge >= 0.3 is 19.8 Å². The van der Waals surface area contributed by atoms with Crippen LogP contribution in [0.25, 0.3) is 0 Å². The summed E-state index contributed by atoms with van der Waals surface area (Å²) in [6.07, 6.45) is 75.1. The fourth-order valence-corrected chi connectivity index (χ4v) is 9.72. The third-order valence-electron chi connectivity index (χ3n) is 13.5. The number of ether oxygens (including phenoxy) is 2. The van der Waals surface area contributed by atoms with Gasteiger partial charge in [-0.15, -0.1) is 0 Å². The SMILES string of the molecule is CC/C=C\C/C=C\C/C=C\C/C=C\C/C=C\CC(=O)OC(COC(=O)CCCCCCCCCCCCCCCCCCCCCCCCCCCCCCCCCCCCCCC)COP(=O)(O)OCCN. The minimum Gasteiger partial charge on any atom is -0.462 e. The minimum absolute atomic E-state index is 0.00180. The molecule has 0 fully saturated rings. The molecule has 0 aromatic carbocycles. The Morgan fingerprint density at radius 2 is 0.740 bits per heavy atom. The summed E-state index contributed by atoms with van der Waals surface area (Å²) in [5.74, 6) is -0.967. The molecule has 2 unspecified atom stereocenters. The van der Waals surface area contributed by atoms with Crippen molar-refractivity contribution in [1.82, 2.24) is 0 Å². The first-order valence-corrected chi connectivity index (χ1v) is 32.3. The van der Waals surface area contributed by atoms with Gasteiger partial charge in [0, 0.05) is 13.0 Å². The van der Waals surface area contributed by atoms with Gasteiger partial charge in [-0.2, -0.15) is 0 Å². The number of hydrogen-bond donors (Lipinski definition) is 2. The molecular weight excluding hydrogens is 930 g/mol. The zero-order valence-electron chi connectivity index (χ0n) is 47.6. The first kappa shape index (κ1) is 70.7. The van der Waals surface area contributed by atoms with Gasteiger partial charge in [0.25, 0.3) is 0 Å². The molecule has 0 heterocycles. The molecule has 0 amide bonds. The van der Waals surface area contributed by atoms with Crippen LogP contribution >= 0.6 is 7.82 Å². The van der Waals surface area contributed by atoms with E-state index < -0.39 is 32.5 Å². The molecular formula is C63H116NO8P. The van der Waals surface area contributed by atoms with Crippen LogP contribution < -0.4 is 5.73 Å². The Morgan fingerprint density at radius 1 is 0.425 bits per heavy atom. The minimum atomic E-state index is -4.41. The summed E-state index contributed by atoms with van der Waals surface area (Å²) in [7, 11) is -4.41. The van der Waals surface area contributed by atoms with Crippen LogP contribution in [-0.4, -0.2) is 49.3 Å². The monoisotopic (exact) mass is 1050 g/mol. The molecule has 73 heavy (non-hydrogen) atoms. The zero-order valence-corrected chi connectivity index (χ0v) is 48.5. The average Bonchev–Trinajstić information content (AvgIpc) is 3.38. The van der Waals surface area contributed by atoms with Gasteiger partial charge in [-0.05, 0) is 38.5 Å². The van der Waals surface area contributed by atoms with Crippen molar-refractivity contribution < 1.29 is 37.6 Å². The molecule has 0 aliphatic heterocycles. The van der Waals surface area contributed by atoms with Gasteiger partial charge in [0.15, 0.2) is 6.10 Å². The average molecular weight is 1050 g/mol. The van der Waals surface area contributed by atoms with Crippen LogP contribution in [0.1, 0.15) is 296 Å². The fourth-order valence-electron chi connectivity index (χ4n) is 8.95. The maximum absolute atomic E-state index is 12.6. The maximum Gasteiger partial charge on any atom is 0.472 e. The van der Waals surface area contributed by atoms with E-state index in [0.29, 0.717) is 6.42 Å². The van der Waals surface area contributed by atoms with Gasteiger partial charge in [-0.25, -0.2) is 4.57 Å². The van der Waals surface area contributed by atoms with Crippen molar-refractivity contribution in [1.29, 1.82) is 0 Å². The van der Waals surface area contributed by atoms with Crippen molar-refractivity contribution in [3.8, 4) is 0 Å². The molecule has 9 nitrogen and oxygen atoms in total. The molecule has 0 radical (unpaired) electrons. The fraction of sp³-hybridized carbons (Fsp3) is 0.810. The van der Waals surface area contributed by atoms with E-state index in [1.165, 1.54) is 218 Å². The van der Waals surface area contributed by atoms with E-state index in [9.17, 15) is 19.0 Å². The molecule has 0 aliphatic carbocycles. The summed E-state index contributed by atoms with van der Waals surface area (Å²) in [6.45, 7) is 3.54. The van der Waals surface area contributed by atoms with Gasteiger partial charge in [0.05, 0.1) is 19.6 Å². The topological polar surface area (TPSA) is 134 Å². The van der Waals surface area contributed by atoms with Crippen LogP contribution in [0.2, 0.25) is 0 Å². The molecule has 0 spiro atoms. The maximum atomic E-state index is 12.6. The molecule has 3 N–H and O–H groups in total. The van der Waals surface area contributed by atoms with E-state index >= 15 is 0 Å². The van der Waals surface area contributed by atoms with E-state index in [0.717, 1.165) is 44.9 Å². The number of phosphoric acid groups is 1. The molecule has 426 valence electrons. The molecule has 0 aromatic heterocycles. The third-order valence-corrected chi connectivity index (χ3v) is 14.4. The van der Waals surface area contributed by atoms with Crippen LogP contribution in [0, 0.1) is 0 Å². The van der Waals surface area contributed by atoms with Gasteiger partial charge in [0.2, 0.25) is 0 Å². The van der Waals surface area contributed by atoms with Gasteiger partial charge in [-0.3, -0.25) is 18.6 Å².